The molecule has 0 radical (unpaired) electrons. The molecule has 0 N–H and O–H groups in total. The fraction of sp³-hybridized carbons (Fsp3) is 0.533. The number of rotatable bonds is 1. The van der Waals surface area contributed by atoms with Gasteiger partial charge in [0.1, 0.15) is 5.82 Å². The average Bonchev–Trinajstić information content (AvgIpc) is 2.87. The zero-order chi connectivity index (χ0) is 13.0. The monoisotopic (exact) mass is 296 g/mol. The maximum absolute atomic E-state index is 13.2. The quantitative estimate of drug-likeness (QED) is 0.803. The van der Waals surface area contributed by atoms with Gasteiger partial charge >= 0.3 is 0 Å². The molecule has 2 aromatic rings. The maximum atomic E-state index is 13.2. The SMILES string of the molecule is CN1C2CCC1CC(c1noc3cc(F)ccc13)C2.Cl. The number of piperidine rings is 1. The molecule has 0 aliphatic carbocycles. The van der Waals surface area contributed by atoms with E-state index in [0.29, 0.717) is 23.6 Å². The molecule has 4 rings (SSSR count). The third-order valence-corrected chi connectivity index (χ3v) is 4.95. The summed E-state index contributed by atoms with van der Waals surface area (Å²) in [6, 6.07) is 6.07. The number of hydrogen-bond acceptors (Lipinski definition) is 3. The van der Waals surface area contributed by atoms with Gasteiger partial charge in [0, 0.05) is 29.5 Å². The molecule has 1 aromatic heterocycles. The van der Waals surface area contributed by atoms with Crippen LogP contribution in [-0.2, 0) is 0 Å². The molecule has 2 unspecified atom stereocenters. The van der Waals surface area contributed by atoms with Crippen molar-refractivity contribution < 1.29 is 8.91 Å². The second-order valence-electron chi connectivity index (χ2n) is 5.93. The van der Waals surface area contributed by atoms with Crippen molar-refractivity contribution in [1.29, 1.82) is 0 Å². The van der Waals surface area contributed by atoms with Crippen molar-refractivity contribution in [1.82, 2.24) is 10.1 Å². The van der Waals surface area contributed by atoms with E-state index >= 15 is 0 Å². The number of hydrogen-bond donors (Lipinski definition) is 0. The van der Waals surface area contributed by atoms with Gasteiger partial charge in [-0.2, -0.15) is 0 Å². The highest BCUT2D eigenvalue weighted by Gasteiger charge is 2.40. The van der Waals surface area contributed by atoms with Gasteiger partial charge in [-0.3, -0.25) is 0 Å². The van der Waals surface area contributed by atoms with Crippen molar-refractivity contribution in [3.8, 4) is 0 Å². The Balaban J connectivity index is 0.00000121. The molecule has 20 heavy (non-hydrogen) atoms. The van der Waals surface area contributed by atoms with Crippen LogP contribution in [0.15, 0.2) is 22.7 Å². The second-order valence-corrected chi connectivity index (χ2v) is 5.93. The van der Waals surface area contributed by atoms with Crippen LogP contribution in [0.3, 0.4) is 0 Å². The normalized spacial score (nSPS) is 29.6. The molecule has 0 spiro atoms. The molecule has 3 nitrogen and oxygen atoms in total. The van der Waals surface area contributed by atoms with Gasteiger partial charge in [-0.1, -0.05) is 5.16 Å². The summed E-state index contributed by atoms with van der Waals surface area (Å²) in [5, 5.41) is 5.20. The summed E-state index contributed by atoms with van der Waals surface area (Å²) in [6.07, 6.45) is 4.88. The Hall–Kier alpha value is -1.13. The first-order chi connectivity index (χ1) is 9.22. The number of fused-ring (bicyclic) bond motifs is 3. The summed E-state index contributed by atoms with van der Waals surface area (Å²) in [6.45, 7) is 0. The first-order valence-electron chi connectivity index (χ1n) is 6.99. The lowest BCUT2D eigenvalue weighted by Gasteiger charge is -2.35. The van der Waals surface area contributed by atoms with E-state index in [-0.39, 0.29) is 18.2 Å². The molecule has 0 saturated carbocycles. The molecule has 1 aromatic carbocycles. The lowest BCUT2D eigenvalue weighted by molar-refractivity contribution is 0.159. The van der Waals surface area contributed by atoms with Crippen LogP contribution in [-0.4, -0.2) is 29.2 Å². The maximum Gasteiger partial charge on any atom is 0.170 e. The van der Waals surface area contributed by atoms with Gasteiger partial charge in [-0.25, -0.2) is 4.39 Å². The van der Waals surface area contributed by atoms with E-state index in [0.717, 1.165) is 23.9 Å². The predicted molar refractivity (Wildman–Crippen MR) is 77.8 cm³/mol. The number of nitrogens with zero attached hydrogens (tertiary/aromatic N) is 2. The van der Waals surface area contributed by atoms with Crippen molar-refractivity contribution in [3.05, 3.63) is 29.7 Å². The molecule has 2 fully saturated rings. The fourth-order valence-electron chi connectivity index (χ4n) is 3.86. The topological polar surface area (TPSA) is 29.3 Å². The molecule has 2 aliphatic rings. The van der Waals surface area contributed by atoms with Crippen molar-refractivity contribution in [3.63, 3.8) is 0 Å². The van der Waals surface area contributed by atoms with Crippen molar-refractivity contribution in [2.45, 2.75) is 43.7 Å². The molecule has 2 atom stereocenters. The van der Waals surface area contributed by atoms with E-state index in [9.17, 15) is 4.39 Å². The molecule has 2 saturated heterocycles. The molecule has 2 aliphatic heterocycles. The van der Waals surface area contributed by atoms with Crippen LogP contribution < -0.4 is 0 Å². The lowest BCUT2D eigenvalue weighted by Crippen LogP contribution is -2.39. The zero-order valence-electron chi connectivity index (χ0n) is 11.4. The van der Waals surface area contributed by atoms with Gasteiger partial charge < -0.3 is 9.42 Å². The Morgan fingerprint density at radius 3 is 2.65 bits per heavy atom. The van der Waals surface area contributed by atoms with Gasteiger partial charge in [0.15, 0.2) is 5.58 Å². The van der Waals surface area contributed by atoms with Crippen LogP contribution in [0, 0.1) is 5.82 Å². The van der Waals surface area contributed by atoms with Gasteiger partial charge in [-0.15, -0.1) is 12.4 Å². The molecule has 2 bridgehead atoms. The fourth-order valence-corrected chi connectivity index (χ4v) is 3.86. The summed E-state index contributed by atoms with van der Waals surface area (Å²) in [5.41, 5.74) is 1.60. The van der Waals surface area contributed by atoms with Crippen LogP contribution in [0.2, 0.25) is 0 Å². The smallest absolute Gasteiger partial charge is 0.170 e. The van der Waals surface area contributed by atoms with Crippen LogP contribution in [0.4, 0.5) is 4.39 Å². The Kier molecular flexibility index (Phi) is 3.46. The number of aromatic nitrogens is 1. The third-order valence-electron chi connectivity index (χ3n) is 4.95. The van der Waals surface area contributed by atoms with E-state index in [1.54, 1.807) is 6.07 Å². The molecule has 5 heteroatoms. The molecular formula is C15H18ClFN2O. The molecular weight excluding hydrogens is 279 g/mol. The zero-order valence-corrected chi connectivity index (χ0v) is 12.2. The summed E-state index contributed by atoms with van der Waals surface area (Å²) in [5.74, 6) is 0.194. The van der Waals surface area contributed by atoms with Crippen molar-refractivity contribution in [2.24, 2.45) is 0 Å². The Morgan fingerprint density at radius 1 is 1.25 bits per heavy atom. The van der Waals surface area contributed by atoms with Crippen molar-refractivity contribution in [2.75, 3.05) is 7.05 Å². The highest BCUT2D eigenvalue weighted by atomic mass is 35.5. The third kappa shape index (κ3) is 2.02. The van der Waals surface area contributed by atoms with E-state index in [1.165, 1.54) is 25.0 Å². The van der Waals surface area contributed by atoms with Gasteiger partial charge in [-0.05, 0) is 44.9 Å². The molecule has 3 heterocycles. The van der Waals surface area contributed by atoms with E-state index in [2.05, 4.69) is 17.1 Å². The van der Waals surface area contributed by atoms with E-state index < -0.39 is 0 Å². The Labute approximate surface area is 123 Å². The number of halogens is 2. The van der Waals surface area contributed by atoms with E-state index in [4.69, 9.17) is 4.52 Å². The first-order valence-corrected chi connectivity index (χ1v) is 6.99. The van der Waals surface area contributed by atoms with Crippen LogP contribution >= 0.6 is 12.4 Å². The minimum Gasteiger partial charge on any atom is -0.356 e. The minimum absolute atomic E-state index is 0. The lowest BCUT2D eigenvalue weighted by atomic mass is 9.87. The average molecular weight is 297 g/mol. The van der Waals surface area contributed by atoms with Crippen LogP contribution in [0.25, 0.3) is 11.0 Å². The van der Waals surface area contributed by atoms with E-state index in [1.807, 2.05) is 0 Å². The minimum atomic E-state index is -0.265. The molecule has 108 valence electrons. The summed E-state index contributed by atoms with van der Waals surface area (Å²) in [7, 11) is 2.23. The second kappa shape index (κ2) is 5.01. The molecule has 0 amide bonds. The van der Waals surface area contributed by atoms with Gasteiger partial charge in [0.2, 0.25) is 0 Å². The standard InChI is InChI=1S/C15H17FN2O.ClH/c1-18-11-3-4-12(18)7-9(6-11)15-13-5-2-10(16)8-14(13)19-17-15;/h2,5,8-9,11-12H,3-4,6-7H2,1H3;1H. The number of benzene rings is 1. The predicted octanol–water partition coefficient (Wildman–Crippen LogP) is 3.73. The highest BCUT2D eigenvalue weighted by molar-refractivity contribution is 5.85. The first kappa shape index (κ1) is 13.8. The Bertz CT molecular complexity index is 615. The highest BCUT2D eigenvalue weighted by Crippen LogP contribution is 2.43. The van der Waals surface area contributed by atoms with Crippen LogP contribution in [0.1, 0.15) is 37.3 Å². The van der Waals surface area contributed by atoms with Gasteiger partial charge in [0.25, 0.3) is 0 Å². The summed E-state index contributed by atoms with van der Waals surface area (Å²) < 4.78 is 18.5. The van der Waals surface area contributed by atoms with Crippen LogP contribution in [0.5, 0.6) is 0 Å². The van der Waals surface area contributed by atoms with Crippen molar-refractivity contribution >= 4 is 23.4 Å². The Morgan fingerprint density at radius 2 is 1.95 bits per heavy atom. The summed E-state index contributed by atoms with van der Waals surface area (Å²) in [4.78, 5) is 2.51. The van der Waals surface area contributed by atoms with Gasteiger partial charge in [0.05, 0.1) is 5.69 Å². The summed E-state index contributed by atoms with van der Waals surface area (Å²) >= 11 is 0. The largest absolute Gasteiger partial charge is 0.356 e.